The minimum absolute atomic E-state index is 0.123. The van der Waals surface area contributed by atoms with Gasteiger partial charge in [-0.05, 0) is 0 Å². The van der Waals surface area contributed by atoms with E-state index in [-0.39, 0.29) is 11.4 Å². The molecule has 0 aromatic rings. The third-order valence-corrected chi connectivity index (χ3v) is 10.1. The predicted octanol–water partition coefficient (Wildman–Crippen LogP) is -1.17. The Morgan fingerprint density at radius 1 is 1.07 bits per heavy atom. The van der Waals surface area contributed by atoms with Gasteiger partial charge in [0.05, 0.1) is 0 Å². The van der Waals surface area contributed by atoms with Gasteiger partial charge in [-0.15, -0.1) is 0 Å². The first-order valence-corrected chi connectivity index (χ1v) is 8.38. The summed E-state index contributed by atoms with van der Waals surface area (Å²) in [7, 11) is 0. The predicted molar refractivity (Wildman–Crippen MR) is 60.7 cm³/mol. The summed E-state index contributed by atoms with van der Waals surface area (Å²) < 4.78 is 0.618. The van der Waals surface area contributed by atoms with E-state index in [1.807, 2.05) is 0 Å². The Labute approximate surface area is 88.4 Å². The molecule has 1 heterocycles. The molecule has 14 heavy (non-hydrogen) atoms. The van der Waals surface area contributed by atoms with E-state index in [9.17, 15) is 9.59 Å². The number of hydrogen-bond acceptors (Lipinski definition) is 5. The molecule has 0 aromatic heterocycles. The zero-order chi connectivity index (χ0) is 10.5. The molecule has 0 saturated carbocycles. The van der Waals surface area contributed by atoms with Crippen LogP contribution in [0.5, 0.6) is 0 Å². The fourth-order valence-electron chi connectivity index (χ4n) is 1.55. The van der Waals surface area contributed by atoms with E-state index >= 15 is 0 Å². The molecule has 6 N–H and O–H groups in total. The summed E-state index contributed by atoms with van der Waals surface area (Å²) in [4.78, 5) is 23.4. The molecule has 0 spiro atoms. The summed E-state index contributed by atoms with van der Waals surface area (Å²) >= 11 is -1.66. The van der Waals surface area contributed by atoms with Gasteiger partial charge in [0.25, 0.3) is 0 Å². The number of hydrogen-bond donors (Lipinski definition) is 3. The van der Waals surface area contributed by atoms with Crippen molar-refractivity contribution in [2.24, 2.45) is 17.2 Å². The van der Waals surface area contributed by atoms with Gasteiger partial charge in [-0.2, -0.15) is 0 Å². The zero-order valence-electron chi connectivity index (χ0n) is 7.55. The molecule has 0 radical (unpaired) electrons. The summed E-state index contributed by atoms with van der Waals surface area (Å²) in [5, 5.41) is 0. The van der Waals surface area contributed by atoms with Crippen molar-refractivity contribution in [3.8, 4) is 0 Å². The van der Waals surface area contributed by atoms with Crippen molar-refractivity contribution < 1.29 is 9.59 Å². The van der Waals surface area contributed by atoms with Crippen molar-refractivity contribution >= 4 is 31.4 Å². The first-order valence-electron chi connectivity index (χ1n) is 4.25. The van der Waals surface area contributed by atoms with Crippen LogP contribution in [-0.2, 0) is 9.59 Å². The molecule has 5 nitrogen and oxygen atoms in total. The second-order valence-corrected chi connectivity index (χ2v) is 9.85. The Morgan fingerprint density at radius 2 is 1.50 bits per heavy atom. The molecule has 2 aliphatic rings. The number of halogens is 1. The van der Waals surface area contributed by atoms with E-state index in [0.717, 1.165) is 15.3 Å². The van der Waals surface area contributed by atoms with E-state index in [4.69, 9.17) is 17.2 Å². The van der Waals surface area contributed by atoms with Gasteiger partial charge in [-0.3, -0.25) is 0 Å². The zero-order valence-corrected chi connectivity index (χ0v) is 9.71. The number of ketones is 2. The number of rotatable bonds is 1. The third kappa shape index (κ3) is 0.977. The van der Waals surface area contributed by atoms with Crippen LogP contribution < -0.4 is 17.2 Å². The maximum atomic E-state index is 11.7. The third-order valence-electron chi connectivity index (χ3n) is 2.59. The summed E-state index contributed by atoms with van der Waals surface area (Å²) in [6.07, 6.45) is 1.07. The Bertz CT molecular complexity index is 336. The van der Waals surface area contributed by atoms with Crippen LogP contribution in [0.25, 0.3) is 0 Å². The molecule has 0 unspecified atom stereocenters. The molecule has 0 amide bonds. The topological polar surface area (TPSA) is 112 Å². The van der Waals surface area contributed by atoms with Crippen molar-refractivity contribution in [3.63, 3.8) is 0 Å². The minimum atomic E-state index is -1.66. The molecule has 0 bridgehead atoms. The Hall–Kier alpha value is -0.630. The van der Waals surface area contributed by atoms with Crippen LogP contribution >= 0.6 is 19.8 Å². The van der Waals surface area contributed by atoms with Gasteiger partial charge in [0.15, 0.2) is 0 Å². The molecule has 1 aliphatic carbocycles. The van der Waals surface area contributed by atoms with E-state index in [0.29, 0.717) is 0 Å². The van der Waals surface area contributed by atoms with Crippen molar-refractivity contribution in [3.05, 3.63) is 11.4 Å². The average Bonchev–Trinajstić information content (AvgIpc) is 2.20. The van der Waals surface area contributed by atoms with Crippen molar-refractivity contribution in [1.82, 2.24) is 0 Å². The summed E-state index contributed by atoms with van der Waals surface area (Å²) in [5.74, 6) is -0.852. The molecule has 0 aromatic carbocycles. The van der Waals surface area contributed by atoms with Crippen LogP contribution in [0.4, 0.5) is 0 Å². The van der Waals surface area contributed by atoms with Gasteiger partial charge in [0, 0.05) is 0 Å². The fourth-order valence-corrected chi connectivity index (χ4v) is 6.74. The molecular formula is C8H12IN3O2. The first-order chi connectivity index (χ1) is 6.49. The number of alkyl halides is 3. The summed E-state index contributed by atoms with van der Waals surface area (Å²) in [6.45, 7) is 0. The Morgan fingerprint density at radius 3 is 1.79 bits per heavy atom. The molecule has 1 fully saturated rings. The monoisotopic (exact) mass is 309 g/mol. The number of Topliss-reactive ketones (excluding diaryl/α,β-unsaturated/α-hetero) is 2. The molecule has 1 aliphatic heterocycles. The van der Waals surface area contributed by atoms with Gasteiger partial charge >= 0.3 is 88.4 Å². The summed E-state index contributed by atoms with van der Waals surface area (Å²) in [5.41, 5.74) is 16.5. The van der Waals surface area contributed by atoms with Crippen LogP contribution in [0, 0.1) is 0 Å². The molecule has 2 rings (SSSR count). The van der Waals surface area contributed by atoms with E-state index in [2.05, 4.69) is 0 Å². The van der Waals surface area contributed by atoms with E-state index in [1.165, 1.54) is 0 Å². The van der Waals surface area contributed by atoms with Gasteiger partial charge in [-0.25, -0.2) is 0 Å². The molecule has 6 heteroatoms. The van der Waals surface area contributed by atoms with Gasteiger partial charge in [-0.1, -0.05) is 0 Å². The second-order valence-electron chi connectivity index (χ2n) is 3.39. The number of carbonyl (C=O) groups excluding carboxylic acids is 2. The van der Waals surface area contributed by atoms with E-state index < -0.39 is 34.9 Å². The fraction of sp³-hybridized carbons (Fsp3) is 0.500. The Balaban J connectivity index is 2.40. The number of nitrogens with two attached hydrogens (primary N) is 3. The molecule has 78 valence electrons. The first kappa shape index (κ1) is 9.91. The van der Waals surface area contributed by atoms with Gasteiger partial charge in [0.2, 0.25) is 0 Å². The molecule has 0 atom stereocenters. The van der Waals surface area contributed by atoms with Gasteiger partial charge in [0.1, 0.15) is 0 Å². The molecular weight excluding hydrogens is 297 g/mol. The van der Waals surface area contributed by atoms with Crippen LogP contribution in [0.2, 0.25) is 0 Å². The van der Waals surface area contributed by atoms with Crippen molar-refractivity contribution in [2.45, 2.75) is 9.97 Å². The normalized spacial score (nSPS) is 28.2. The standard InChI is InChI=1S/C8H12IN3O2/c10-4-5(11)7(14)8(12,6(4)13)9-2-1-3-9/h1-3,10-12H2. The summed E-state index contributed by atoms with van der Waals surface area (Å²) in [6, 6.07) is 0. The van der Waals surface area contributed by atoms with Crippen LogP contribution in [0.1, 0.15) is 6.42 Å². The van der Waals surface area contributed by atoms with Crippen molar-refractivity contribution in [1.29, 1.82) is 0 Å². The Kier molecular flexibility index (Phi) is 2.07. The van der Waals surface area contributed by atoms with E-state index in [1.54, 1.807) is 0 Å². The number of carbonyl (C=O) groups is 2. The van der Waals surface area contributed by atoms with Crippen LogP contribution in [0.3, 0.4) is 0 Å². The second kappa shape index (κ2) is 2.93. The van der Waals surface area contributed by atoms with Crippen LogP contribution in [0.15, 0.2) is 11.4 Å². The quantitative estimate of drug-likeness (QED) is 0.245. The average molecular weight is 309 g/mol. The van der Waals surface area contributed by atoms with Crippen LogP contribution in [-0.4, -0.2) is 24.0 Å². The van der Waals surface area contributed by atoms with Crippen molar-refractivity contribution in [2.75, 3.05) is 8.86 Å². The van der Waals surface area contributed by atoms with Gasteiger partial charge < -0.3 is 0 Å². The SMILES string of the molecule is NC1=C(N)C(=O)C(N)(I2CCC2)C1=O. The molecule has 1 saturated heterocycles. The maximum absolute atomic E-state index is 11.7.